The first kappa shape index (κ1) is 23.9. The monoisotopic (exact) mass is 494 g/mol. The lowest BCUT2D eigenvalue weighted by Crippen LogP contribution is -2.18. The summed E-state index contributed by atoms with van der Waals surface area (Å²) < 4.78 is 17.3. The Morgan fingerprint density at radius 3 is 2.46 bits per heavy atom. The Morgan fingerprint density at radius 2 is 1.77 bits per heavy atom. The summed E-state index contributed by atoms with van der Waals surface area (Å²) in [6.07, 6.45) is 2.94. The fourth-order valence-corrected chi connectivity index (χ4v) is 3.81. The highest BCUT2D eigenvalue weighted by atomic mass is 35.5. The van der Waals surface area contributed by atoms with Crippen molar-refractivity contribution in [3.63, 3.8) is 0 Å². The second kappa shape index (κ2) is 10.4. The van der Waals surface area contributed by atoms with E-state index in [0.29, 0.717) is 27.9 Å². The molecule has 35 heavy (non-hydrogen) atoms. The number of aromatic nitrogens is 2. The summed E-state index contributed by atoms with van der Waals surface area (Å²) in [7, 11) is 3.13. The van der Waals surface area contributed by atoms with Gasteiger partial charge < -0.3 is 29.7 Å². The zero-order valence-electron chi connectivity index (χ0n) is 19.1. The summed E-state index contributed by atoms with van der Waals surface area (Å²) in [5.74, 6) is 0.852. The molecule has 2 aromatic heterocycles. The number of fused-ring (bicyclic) bond motifs is 1. The highest BCUT2D eigenvalue weighted by Gasteiger charge is 2.15. The minimum Gasteiger partial charge on any atom is -0.496 e. The first-order valence-corrected chi connectivity index (χ1v) is 11.0. The molecule has 0 saturated heterocycles. The smallest absolute Gasteiger partial charge is 0.404 e. The van der Waals surface area contributed by atoms with E-state index in [-0.39, 0.29) is 18.9 Å². The van der Waals surface area contributed by atoms with Crippen LogP contribution in [0.1, 0.15) is 6.42 Å². The van der Waals surface area contributed by atoms with Gasteiger partial charge in [0.1, 0.15) is 23.8 Å². The molecule has 0 aliphatic heterocycles. The number of nitrogens with two attached hydrogens (primary N) is 1. The first-order chi connectivity index (χ1) is 16.9. The minimum atomic E-state index is -0.907. The molecule has 0 radical (unpaired) electrons. The number of amides is 2. The van der Waals surface area contributed by atoms with E-state index < -0.39 is 6.09 Å². The van der Waals surface area contributed by atoms with E-state index in [1.165, 1.54) is 0 Å². The first-order valence-electron chi connectivity index (χ1n) is 10.6. The summed E-state index contributed by atoms with van der Waals surface area (Å²) in [6, 6.07) is 14.9. The summed E-state index contributed by atoms with van der Waals surface area (Å²) in [6.45, 7) is -0.0693. The number of methoxy groups -OCH3 is 2. The number of carbonyl (C=O) groups is 2. The number of halogens is 1. The molecule has 10 heteroatoms. The van der Waals surface area contributed by atoms with Crippen LogP contribution in [0, 0.1) is 0 Å². The second-order valence-corrected chi connectivity index (χ2v) is 7.94. The number of pyridine rings is 1. The quantitative estimate of drug-likeness (QED) is 0.364. The summed E-state index contributed by atoms with van der Waals surface area (Å²) in [5, 5.41) is 3.22. The van der Waals surface area contributed by atoms with Crippen molar-refractivity contribution in [3.8, 4) is 33.9 Å². The number of hydrogen-bond donors (Lipinski definition) is 2. The molecule has 3 N–H and O–H groups in total. The molecule has 4 rings (SSSR count). The molecule has 0 saturated carbocycles. The lowest BCUT2D eigenvalue weighted by atomic mass is 10.1. The zero-order chi connectivity index (χ0) is 24.9. The van der Waals surface area contributed by atoms with E-state index >= 15 is 0 Å². The largest absolute Gasteiger partial charge is 0.496 e. The van der Waals surface area contributed by atoms with Gasteiger partial charge in [0.2, 0.25) is 5.91 Å². The van der Waals surface area contributed by atoms with Gasteiger partial charge in [-0.3, -0.25) is 4.79 Å². The van der Waals surface area contributed by atoms with Crippen molar-refractivity contribution in [1.82, 2.24) is 9.38 Å². The zero-order valence-corrected chi connectivity index (χ0v) is 19.8. The maximum absolute atomic E-state index is 11.9. The SMILES string of the molecule is COc1cc(OC)c(-c2cn3ccc(-c4ccc(NC(=O)CCOC(N)=O)cc4)cc3n2)cc1Cl. The number of ether oxygens (including phenoxy) is 3. The number of anilines is 1. The molecular weight excluding hydrogens is 472 g/mol. The molecule has 0 aliphatic carbocycles. The number of carbonyl (C=O) groups excluding carboxylic acids is 2. The standard InChI is InChI=1S/C25H23ClN4O5/c1-33-21-13-22(34-2)19(26)12-18(21)20-14-30-9-7-16(11-23(30)29-20)15-3-5-17(6-4-15)28-24(31)8-10-35-25(27)32/h3-7,9,11-14H,8,10H2,1-2H3,(H2,27,32)(H,28,31). The molecule has 4 aromatic rings. The summed E-state index contributed by atoms with van der Waals surface area (Å²) in [5.41, 5.74) is 9.64. The third-order valence-corrected chi connectivity index (χ3v) is 5.58. The lowest BCUT2D eigenvalue weighted by molar-refractivity contribution is -0.116. The van der Waals surface area contributed by atoms with Crippen molar-refractivity contribution in [3.05, 3.63) is 65.9 Å². The topological polar surface area (TPSA) is 117 Å². The molecule has 0 atom stereocenters. The van der Waals surface area contributed by atoms with Gasteiger partial charge in [0.25, 0.3) is 0 Å². The Bertz CT molecular complexity index is 1380. The van der Waals surface area contributed by atoms with Crippen LogP contribution in [-0.2, 0) is 9.53 Å². The van der Waals surface area contributed by atoms with Gasteiger partial charge in [-0.2, -0.15) is 0 Å². The number of rotatable bonds is 8. The van der Waals surface area contributed by atoms with E-state index in [2.05, 4.69) is 10.1 Å². The molecular formula is C25H23ClN4O5. The number of imidazole rings is 1. The van der Waals surface area contributed by atoms with E-state index in [9.17, 15) is 9.59 Å². The van der Waals surface area contributed by atoms with Gasteiger partial charge >= 0.3 is 6.09 Å². The maximum atomic E-state index is 11.9. The van der Waals surface area contributed by atoms with Gasteiger partial charge in [0.15, 0.2) is 0 Å². The predicted molar refractivity (Wildman–Crippen MR) is 133 cm³/mol. The number of benzene rings is 2. The van der Waals surface area contributed by atoms with E-state index in [1.807, 2.05) is 41.1 Å². The van der Waals surface area contributed by atoms with Crippen LogP contribution in [0.2, 0.25) is 5.02 Å². The highest BCUT2D eigenvalue weighted by molar-refractivity contribution is 6.32. The molecule has 2 heterocycles. The van der Waals surface area contributed by atoms with Crippen LogP contribution in [0.4, 0.5) is 10.5 Å². The van der Waals surface area contributed by atoms with Crippen LogP contribution in [-0.4, -0.2) is 42.2 Å². The fraction of sp³-hybridized carbons (Fsp3) is 0.160. The maximum Gasteiger partial charge on any atom is 0.404 e. The second-order valence-electron chi connectivity index (χ2n) is 7.54. The molecule has 9 nitrogen and oxygen atoms in total. The van der Waals surface area contributed by atoms with Gasteiger partial charge in [-0.25, -0.2) is 9.78 Å². The van der Waals surface area contributed by atoms with Crippen LogP contribution in [0.15, 0.2) is 60.9 Å². The summed E-state index contributed by atoms with van der Waals surface area (Å²) in [4.78, 5) is 27.3. The fourth-order valence-electron chi connectivity index (χ4n) is 3.57. The van der Waals surface area contributed by atoms with Gasteiger partial charge in [0.05, 0.1) is 31.4 Å². The number of nitrogens with one attached hydrogen (secondary N) is 1. The van der Waals surface area contributed by atoms with Crippen molar-refractivity contribution in [2.45, 2.75) is 6.42 Å². The van der Waals surface area contributed by atoms with Crippen LogP contribution < -0.4 is 20.5 Å². The highest BCUT2D eigenvalue weighted by Crippen LogP contribution is 2.38. The van der Waals surface area contributed by atoms with Crippen LogP contribution in [0.5, 0.6) is 11.5 Å². The van der Waals surface area contributed by atoms with Gasteiger partial charge in [-0.05, 0) is 41.5 Å². The minimum absolute atomic E-state index is 0.0216. The molecule has 2 aromatic carbocycles. The van der Waals surface area contributed by atoms with E-state index in [0.717, 1.165) is 22.3 Å². The Morgan fingerprint density at radius 1 is 1.03 bits per heavy atom. The van der Waals surface area contributed by atoms with Crippen molar-refractivity contribution >= 4 is 34.9 Å². The molecule has 0 aliphatic rings. The van der Waals surface area contributed by atoms with E-state index in [1.54, 1.807) is 38.5 Å². The average molecular weight is 495 g/mol. The lowest BCUT2D eigenvalue weighted by Gasteiger charge is -2.10. The molecule has 0 fully saturated rings. The third kappa shape index (κ3) is 5.47. The van der Waals surface area contributed by atoms with E-state index in [4.69, 9.17) is 31.8 Å². The van der Waals surface area contributed by atoms with Gasteiger partial charge in [-0.15, -0.1) is 0 Å². The molecule has 0 bridgehead atoms. The summed E-state index contributed by atoms with van der Waals surface area (Å²) >= 11 is 6.33. The number of hydrogen-bond acceptors (Lipinski definition) is 6. The van der Waals surface area contributed by atoms with Crippen molar-refractivity contribution in [2.75, 3.05) is 26.1 Å². The normalized spacial score (nSPS) is 10.7. The molecule has 0 spiro atoms. The third-order valence-electron chi connectivity index (χ3n) is 5.29. The van der Waals surface area contributed by atoms with Crippen LogP contribution >= 0.6 is 11.6 Å². The van der Waals surface area contributed by atoms with Crippen LogP contribution in [0.3, 0.4) is 0 Å². The Labute approximate surface area is 206 Å². The predicted octanol–water partition coefficient (Wildman–Crippen LogP) is 4.76. The van der Waals surface area contributed by atoms with Crippen molar-refractivity contribution in [1.29, 1.82) is 0 Å². The molecule has 0 unspecified atom stereocenters. The van der Waals surface area contributed by atoms with Gasteiger partial charge in [-0.1, -0.05) is 23.7 Å². The van der Waals surface area contributed by atoms with Gasteiger partial charge in [0, 0.05) is 29.7 Å². The average Bonchev–Trinajstić information content (AvgIpc) is 3.27. The number of primary amides is 1. The molecule has 2 amide bonds. The van der Waals surface area contributed by atoms with Crippen molar-refractivity contribution < 1.29 is 23.8 Å². The Kier molecular flexibility index (Phi) is 7.07. The Hall–Kier alpha value is -4.24. The van der Waals surface area contributed by atoms with Crippen molar-refractivity contribution in [2.24, 2.45) is 5.73 Å². The van der Waals surface area contributed by atoms with Crippen LogP contribution in [0.25, 0.3) is 28.0 Å². The molecule has 180 valence electrons. The number of nitrogens with zero attached hydrogens (tertiary/aromatic N) is 2. The Balaban J connectivity index is 1.54.